The number of likely N-dealkylation sites (tertiary alicyclic amines) is 1. The maximum atomic E-state index is 12.8. The van der Waals surface area contributed by atoms with E-state index < -0.39 is 5.97 Å². The SMILES string of the molecule is COC(=O)c1ccccc1Nc1ccc(C(=O)N2CCCCC2)cc1OCI. The molecule has 1 aliphatic rings. The van der Waals surface area contributed by atoms with Crippen LogP contribution in [0, 0.1) is 0 Å². The quantitative estimate of drug-likeness (QED) is 0.361. The lowest BCUT2D eigenvalue weighted by Gasteiger charge is -2.27. The number of carbonyl (C=O) groups is 2. The van der Waals surface area contributed by atoms with Crippen molar-refractivity contribution in [1.82, 2.24) is 4.90 Å². The second kappa shape index (κ2) is 9.77. The zero-order valence-corrected chi connectivity index (χ0v) is 17.9. The summed E-state index contributed by atoms with van der Waals surface area (Å²) in [5, 5.41) is 3.23. The molecular weight excluding hydrogens is 471 g/mol. The number of nitrogens with one attached hydrogen (secondary N) is 1. The van der Waals surface area contributed by atoms with Crippen LogP contribution in [0.4, 0.5) is 11.4 Å². The average Bonchev–Trinajstić information content (AvgIpc) is 2.75. The van der Waals surface area contributed by atoms with Crippen molar-refractivity contribution in [2.75, 3.05) is 30.1 Å². The van der Waals surface area contributed by atoms with Gasteiger partial charge in [-0.3, -0.25) is 4.79 Å². The van der Waals surface area contributed by atoms with E-state index in [0.717, 1.165) is 25.9 Å². The Labute approximate surface area is 178 Å². The van der Waals surface area contributed by atoms with Crippen molar-refractivity contribution < 1.29 is 19.1 Å². The number of hydrogen-bond acceptors (Lipinski definition) is 5. The lowest BCUT2D eigenvalue weighted by atomic mass is 10.1. The number of amides is 1. The predicted octanol–water partition coefficient (Wildman–Crippen LogP) is 4.61. The molecule has 6 nitrogen and oxygen atoms in total. The van der Waals surface area contributed by atoms with E-state index in [1.807, 2.05) is 17.0 Å². The smallest absolute Gasteiger partial charge is 0.339 e. The van der Waals surface area contributed by atoms with Gasteiger partial charge < -0.3 is 19.7 Å². The Kier molecular flexibility index (Phi) is 7.13. The van der Waals surface area contributed by atoms with Crippen molar-refractivity contribution in [3.05, 3.63) is 53.6 Å². The van der Waals surface area contributed by atoms with E-state index >= 15 is 0 Å². The topological polar surface area (TPSA) is 67.9 Å². The minimum absolute atomic E-state index is 0.0273. The van der Waals surface area contributed by atoms with Gasteiger partial charge in [-0.1, -0.05) is 12.1 Å². The van der Waals surface area contributed by atoms with Crippen LogP contribution >= 0.6 is 22.6 Å². The number of para-hydroxylation sites is 1. The number of ether oxygens (including phenoxy) is 2. The fourth-order valence-corrected chi connectivity index (χ4v) is 3.58. The van der Waals surface area contributed by atoms with Gasteiger partial charge in [-0.25, -0.2) is 4.79 Å². The number of nitrogens with zero attached hydrogens (tertiary/aromatic N) is 1. The number of esters is 1. The molecule has 2 aromatic rings. The Morgan fingerprint density at radius 3 is 2.54 bits per heavy atom. The van der Waals surface area contributed by atoms with Crippen molar-refractivity contribution in [3.63, 3.8) is 0 Å². The van der Waals surface area contributed by atoms with Gasteiger partial charge in [0.25, 0.3) is 5.91 Å². The first-order valence-corrected chi connectivity index (χ1v) is 10.7. The summed E-state index contributed by atoms with van der Waals surface area (Å²) >= 11 is 2.11. The molecule has 0 saturated carbocycles. The van der Waals surface area contributed by atoms with Crippen molar-refractivity contribution in [3.8, 4) is 5.75 Å². The fraction of sp³-hybridized carbons (Fsp3) is 0.333. The largest absolute Gasteiger partial charge is 0.481 e. The third-order valence-corrected chi connectivity index (χ3v) is 5.00. The van der Waals surface area contributed by atoms with E-state index in [2.05, 4.69) is 27.9 Å². The number of piperidine rings is 1. The van der Waals surface area contributed by atoms with Crippen LogP contribution in [0.2, 0.25) is 0 Å². The highest BCUT2D eigenvalue weighted by Gasteiger charge is 2.20. The minimum atomic E-state index is -0.420. The Morgan fingerprint density at radius 2 is 1.82 bits per heavy atom. The Bertz CT molecular complexity index is 850. The van der Waals surface area contributed by atoms with E-state index in [4.69, 9.17) is 9.47 Å². The molecule has 0 spiro atoms. The van der Waals surface area contributed by atoms with Crippen molar-refractivity contribution >= 4 is 45.8 Å². The van der Waals surface area contributed by atoms with Crippen LogP contribution in [-0.4, -0.2) is 41.6 Å². The summed E-state index contributed by atoms with van der Waals surface area (Å²) in [4.78, 5) is 26.7. The molecule has 1 aliphatic heterocycles. The molecule has 28 heavy (non-hydrogen) atoms. The molecule has 2 aromatic carbocycles. The van der Waals surface area contributed by atoms with Gasteiger partial charge in [0.15, 0.2) is 0 Å². The van der Waals surface area contributed by atoms with E-state index in [0.29, 0.717) is 32.9 Å². The van der Waals surface area contributed by atoms with Crippen LogP contribution in [0.1, 0.15) is 40.0 Å². The molecule has 1 saturated heterocycles. The zero-order chi connectivity index (χ0) is 19.9. The highest BCUT2D eigenvalue weighted by Crippen LogP contribution is 2.31. The molecule has 1 N–H and O–H groups in total. The maximum absolute atomic E-state index is 12.8. The van der Waals surface area contributed by atoms with Gasteiger partial charge in [-0.15, -0.1) is 0 Å². The zero-order valence-electron chi connectivity index (χ0n) is 15.7. The highest BCUT2D eigenvalue weighted by molar-refractivity contribution is 14.1. The Balaban J connectivity index is 1.88. The number of alkyl halides is 1. The van der Waals surface area contributed by atoms with E-state index in [1.54, 1.807) is 30.3 Å². The minimum Gasteiger partial charge on any atom is -0.481 e. The lowest BCUT2D eigenvalue weighted by Crippen LogP contribution is -2.35. The summed E-state index contributed by atoms with van der Waals surface area (Å²) in [7, 11) is 1.35. The molecule has 0 bridgehead atoms. The monoisotopic (exact) mass is 494 g/mol. The van der Waals surface area contributed by atoms with Gasteiger partial charge in [0.05, 0.1) is 24.0 Å². The second-order valence-electron chi connectivity index (χ2n) is 6.48. The number of hydrogen-bond donors (Lipinski definition) is 1. The molecule has 148 valence electrons. The lowest BCUT2D eigenvalue weighted by molar-refractivity contribution is 0.0601. The molecule has 0 atom stereocenters. The fourth-order valence-electron chi connectivity index (χ4n) is 3.24. The standard InChI is InChI=1S/C21H23IN2O4/c1-27-21(26)16-7-3-4-8-17(16)23-18-10-9-15(13-19(18)28-14-22)20(25)24-11-5-2-6-12-24/h3-4,7-10,13,23H,2,5-6,11-12,14H2,1H3. The molecule has 0 aromatic heterocycles. The van der Waals surface area contributed by atoms with Gasteiger partial charge in [-0.2, -0.15) is 0 Å². The van der Waals surface area contributed by atoms with Crippen LogP contribution in [0.5, 0.6) is 5.75 Å². The molecule has 1 heterocycles. The van der Waals surface area contributed by atoms with Crippen molar-refractivity contribution in [2.45, 2.75) is 19.3 Å². The second-order valence-corrected chi connectivity index (χ2v) is 7.10. The van der Waals surface area contributed by atoms with Crippen molar-refractivity contribution in [2.24, 2.45) is 0 Å². The first kappa shape index (κ1) is 20.4. The van der Waals surface area contributed by atoms with Gasteiger partial charge >= 0.3 is 5.97 Å². The highest BCUT2D eigenvalue weighted by atomic mass is 127. The summed E-state index contributed by atoms with van der Waals surface area (Å²) < 4.78 is 11.0. The maximum Gasteiger partial charge on any atom is 0.339 e. The molecular formula is C21H23IN2O4. The van der Waals surface area contributed by atoms with Gasteiger partial charge in [0.2, 0.25) is 0 Å². The molecule has 1 amide bonds. The van der Waals surface area contributed by atoms with Gasteiger partial charge in [0.1, 0.15) is 10.4 Å². The van der Waals surface area contributed by atoms with Gasteiger partial charge in [-0.05, 0) is 72.2 Å². The summed E-state index contributed by atoms with van der Waals surface area (Å²) in [5.74, 6) is 0.174. The summed E-state index contributed by atoms with van der Waals surface area (Å²) in [5.41, 5.74) is 2.33. The number of benzene rings is 2. The van der Waals surface area contributed by atoms with Crippen molar-refractivity contribution in [1.29, 1.82) is 0 Å². The van der Waals surface area contributed by atoms with Crippen LogP contribution < -0.4 is 10.1 Å². The number of methoxy groups -OCH3 is 1. The summed E-state index contributed by atoms with van der Waals surface area (Å²) in [6.45, 7) is 1.60. The number of rotatable bonds is 6. The van der Waals surface area contributed by atoms with Crippen LogP contribution in [0.3, 0.4) is 0 Å². The molecule has 3 rings (SSSR count). The molecule has 0 unspecified atom stereocenters. The number of carbonyl (C=O) groups excluding carboxylic acids is 2. The Morgan fingerprint density at radius 1 is 1.07 bits per heavy atom. The van der Waals surface area contributed by atoms with Crippen LogP contribution in [0.15, 0.2) is 42.5 Å². The number of halogens is 1. The predicted molar refractivity (Wildman–Crippen MR) is 117 cm³/mol. The Hall–Kier alpha value is -2.29. The number of anilines is 2. The molecule has 0 aliphatic carbocycles. The van der Waals surface area contributed by atoms with E-state index in [9.17, 15) is 9.59 Å². The van der Waals surface area contributed by atoms with E-state index in [1.165, 1.54) is 13.5 Å². The van der Waals surface area contributed by atoms with Crippen LogP contribution in [0.25, 0.3) is 0 Å². The first-order chi connectivity index (χ1) is 13.6. The van der Waals surface area contributed by atoms with Crippen LogP contribution in [-0.2, 0) is 4.74 Å². The van der Waals surface area contributed by atoms with E-state index in [-0.39, 0.29) is 5.91 Å². The van der Waals surface area contributed by atoms with Gasteiger partial charge in [0, 0.05) is 18.7 Å². The summed E-state index contributed by atoms with van der Waals surface area (Å²) in [6, 6.07) is 12.5. The molecule has 1 fully saturated rings. The summed E-state index contributed by atoms with van der Waals surface area (Å²) in [6.07, 6.45) is 3.27. The third kappa shape index (κ3) is 4.76. The third-order valence-electron chi connectivity index (χ3n) is 4.68. The molecule has 0 radical (unpaired) electrons. The first-order valence-electron chi connectivity index (χ1n) is 9.20. The molecule has 7 heteroatoms. The average molecular weight is 494 g/mol. The normalized spacial score (nSPS) is 13.7.